The number of aromatic nitrogens is 3. The molecule has 5 amide bonds. The van der Waals surface area contributed by atoms with E-state index in [0.717, 1.165) is 15.1 Å². The Morgan fingerprint density at radius 3 is 2.32 bits per heavy atom. The number of hydrogen-bond donors (Lipinski definition) is 2. The summed E-state index contributed by atoms with van der Waals surface area (Å²) in [6.45, 7) is 4.06. The molecule has 2 aromatic carbocycles. The summed E-state index contributed by atoms with van der Waals surface area (Å²) in [4.78, 5) is 74.3. The van der Waals surface area contributed by atoms with E-state index in [1.807, 2.05) is 44.2 Å². The molecule has 0 saturated carbocycles. The van der Waals surface area contributed by atoms with Crippen LogP contribution in [0.25, 0.3) is 10.9 Å². The van der Waals surface area contributed by atoms with Crippen molar-refractivity contribution >= 4 is 46.4 Å². The molecule has 1 spiro atoms. The number of likely N-dealkylation sites (N-methyl/N-ethyl adjacent to an activating group) is 1. The van der Waals surface area contributed by atoms with E-state index in [9.17, 15) is 29.1 Å². The minimum Gasteiger partial charge on any atom is -0.463 e. The quantitative estimate of drug-likeness (QED) is 0.290. The number of carbonyl (C=O) groups excluding carboxylic acids is 4. The lowest BCUT2D eigenvalue weighted by molar-refractivity contribution is -0.139. The van der Waals surface area contributed by atoms with Crippen LogP contribution in [0.2, 0.25) is 0 Å². The lowest BCUT2D eigenvalue weighted by Gasteiger charge is -2.43. The van der Waals surface area contributed by atoms with Crippen LogP contribution in [0.3, 0.4) is 0 Å². The highest BCUT2D eigenvalue weighted by Gasteiger charge is 2.58. The zero-order valence-corrected chi connectivity index (χ0v) is 26.3. The summed E-state index contributed by atoms with van der Waals surface area (Å²) in [5, 5.41) is 17.6. The van der Waals surface area contributed by atoms with Crippen LogP contribution in [0, 0.1) is 5.92 Å². The van der Waals surface area contributed by atoms with Crippen molar-refractivity contribution in [1.82, 2.24) is 29.9 Å². The summed E-state index contributed by atoms with van der Waals surface area (Å²) in [6.07, 6.45) is 0.989. The van der Waals surface area contributed by atoms with E-state index in [0.29, 0.717) is 28.7 Å². The van der Waals surface area contributed by atoms with Gasteiger partial charge in [-0.25, -0.2) is 9.59 Å². The first-order valence-electron chi connectivity index (χ1n) is 15.4. The second kappa shape index (κ2) is 12.3. The number of nitrogens with one attached hydrogen (secondary N) is 1. The van der Waals surface area contributed by atoms with Gasteiger partial charge in [0.15, 0.2) is 0 Å². The van der Waals surface area contributed by atoms with Crippen LogP contribution in [0.5, 0.6) is 0 Å². The van der Waals surface area contributed by atoms with Gasteiger partial charge in [-0.05, 0) is 54.7 Å². The van der Waals surface area contributed by atoms with Gasteiger partial charge < -0.3 is 15.3 Å². The summed E-state index contributed by atoms with van der Waals surface area (Å²) in [6, 6.07) is 18.1. The number of carboxylic acid groups (broad SMARTS) is 1. The number of piperidine rings is 1. The Labute approximate surface area is 270 Å². The lowest BCUT2D eigenvalue weighted by atomic mass is 9.85. The first-order chi connectivity index (χ1) is 22.5. The summed E-state index contributed by atoms with van der Waals surface area (Å²) < 4.78 is 0.915. The number of nitrogens with zero attached hydrogens (tertiary/aromatic N) is 6. The summed E-state index contributed by atoms with van der Waals surface area (Å²) in [7, 11) is 1.44. The van der Waals surface area contributed by atoms with E-state index in [-0.39, 0.29) is 49.4 Å². The maximum atomic E-state index is 13.8. The number of carbonyl (C=O) groups is 5. The molecule has 6 rings (SSSR count). The molecule has 2 fully saturated rings. The molecule has 1 atom stereocenters. The average molecular weight is 638 g/mol. The highest BCUT2D eigenvalue weighted by molar-refractivity contribution is 6.17. The molecule has 2 N–H and O–H groups in total. The minimum absolute atomic E-state index is 0.177. The van der Waals surface area contributed by atoms with Gasteiger partial charge in [0.25, 0.3) is 11.8 Å². The third-order valence-electron chi connectivity index (χ3n) is 9.02. The minimum atomic E-state index is -1.25. The number of benzene rings is 2. The fourth-order valence-electron chi connectivity index (χ4n) is 6.52. The van der Waals surface area contributed by atoms with Gasteiger partial charge in [-0.15, -0.1) is 0 Å². The molecule has 4 aromatic rings. The van der Waals surface area contributed by atoms with Crippen molar-refractivity contribution in [1.29, 1.82) is 0 Å². The predicted molar refractivity (Wildman–Crippen MR) is 172 cm³/mol. The number of rotatable bonds is 7. The van der Waals surface area contributed by atoms with Gasteiger partial charge in [0, 0.05) is 43.8 Å². The van der Waals surface area contributed by atoms with Gasteiger partial charge in [0.05, 0.1) is 11.2 Å². The van der Waals surface area contributed by atoms with Crippen molar-refractivity contribution in [3.63, 3.8) is 0 Å². The molecule has 4 heterocycles. The van der Waals surface area contributed by atoms with Crippen molar-refractivity contribution in [3.05, 3.63) is 89.9 Å². The average Bonchev–Trinajstić information content (AvgIpc) is 3.52. The maximum Gasteiger partial charge on any atom is 0.432 e. The van der Waals surface area contributed by atoms with Crippen molar-refractivity contribution in [2.45, 2.75) is 44.7 Å². The zero-order chi connectivity index (χ0) is 33.5. The third-order valence-corrected chi connectivity index (χ3v) is 9.02. The van der Waals surface area contributed by atoms with Crippen LogP contribution >= 0.6 is 0 Å². The number of likely N-dealkylation sites (tertiary alicyclic amines) is 1. The summed E-state index contributed by atoms with van der Waals surface area (Å²) in [5.74, 6) is -1.32. The van der Waals surface area contributed by atoms with Crippen LogP contribution in [0.15, 0.2) is 72.9 Å². The standard InChI is InChI=1S/C34H35N7O6/c1-21(2)28(36-29(42)25-11-7-8-16-35-25)30(43)39-17-14-34(15-18-39)31(44)38(3)32(45)40(34)23-12-13-27-24(20-23)26(37-41(27)33(46)47)19-22-9-5-4-6-10-22/h4-13,16,20-21,28H,14-15,17-19H2,1-3H3,(H,36,42)(H,46,47)/t28-/m1/s1. The molecular formula is C34H35N7O6. The second-order valence-corrected chi connectivity index (χ2v) is 12.3. The highest BCUT2D eigenvalue weighted by Crippen LogP contribution is 2.41. The number of anilines is 1. The van der Waals surface area contributed by atoms with E-state index >= 15 is 0 Å². The van der Waals surface area contributed by atoms with Crippen LogP contribution in [-0.2, 0) is 16.0 Å². The third kappa shape index (κ3) is 5.58. The number of pyridine rings is 1. The molecule has 0 bridgehead atoms. The molecule has 13 nitrogen and oxygen atoms in total. The van der Waals surface area contributed by atoms with E-state index in [2.05, 4.69) is 15.4 Å². The Balaban J connectivity index is 1.28. The van der Waals surface area contributed by atoms with Gasteiger partial charge >= 0.3 is 12.1 Å². The topological polar surface area (TPSA) is 158 Å². The van der Waals surface area contributed by atoms with Crippen molar-refractivity contribution in [2.24, 2.45) is 5.92 Å². The van der Waals surface area contributed by atoms with Gasteiger partial charge in [0.2, 0.25) is 5.91 Å². The zero-order valence-electron chi connectivity index (χ0n) is 26.3. The number of amides is 5. The predicted octanol–water partition coefficient (Wildman–Crippen LogP) is 3.76. The Hall–Kier alpha value is -5.59. The SMILES string of the molecule is CC(C)[C@@H](NC(=O)c1ccccn1)C(=O)N1CCC2(CC1)C(=O)N(C)C(=O)N2c1ccc2c(c1)c(Cc1ccccc1)nn2C(=O)O. The molecule has 0 aliphatic carbocycles. The Morgan fingerprint density at radius 2 is 1.68 bits per heavy atom. The highest BCUT2D eigenvalue weighted by atomic mass is 16.4. The first kappa shape index (κ1) is 31.4. The number of imide groups is 1. The normalized spacial score (nSPS) is 16.7. The molecule has 47 heavy (non-hydrogen) atoms. The second-order valence-electron chi connectivity index (χ2n) is 12.3. The fraction of sp³-hybridized carbons (Fsp3) is 0.324. The summed E-state index contributed by atoms with van der Waals surface area (Å²) in [5.41, 5.74) is 1.20. The molecule has 0 radical (unpaired) electrons. The molecule has 242 valence electrons. The van der Waals surface area contributed by atoms with E-state index in [1.54, 1.807) is 41.3 Å². The van der Waals surface area contributed by atoms with Crippen molar-refractivity contribution in [3.8, 4) is 0 Å². The molecule has 2 aromatic heterocycles. The molecule has 2 aliphatic heterocycles. The van der Waals surface area contributed by atoms with Crippen LogP contribution < -0.4 is 10.2 Å². The van der Waals surface area contributed by atoms with Gasteiger partial charge in [0.1, 0.15) is 17.3 Å². The molecule has 0 unspecified atom stereocenters. The Morgan fingerprint density at radius 1 is 0.979 bits per heavy atom. The Kier molecular flexibility index (Phi) is 8.22. The van der Waals surface area contributed by atoms with Gasteiger partial charge in [-0.3, -0.25) is 29.2 Å². The smallest absolute Gasteiger partial charge is 0.432 e. The van der Waals surface area contributed by atoms with Crippen LogP contribution in [-0.4, -0.2) is 91.2 Å². The van der Waals surface area contributed by atoms with Crippen LogP contribution in [0.4, 0.5) is 15.3 Å². The fourth-order valence-corrected chi connectivity index (χ4v) is 6.52. The largest absolute Gasteiger partial charge is 0.463 e. The van der Waals surface area contributed by atoms with Gasteiger partial charge in [-0.2, -0.15) is 9.78 Å². The molecule has 2 aliphatic rings. The number of urea groups is 1. The molecular weight excluding hydrogens is 602 g/mol. The van der Waals surface area contributed by atoms with Crippen molar-refractivity contribution in [2.75, 3.05) is 25.0 Å². The molecule has 13 heteroatoms. The van der Waals surface area contributed by atoms with Gasteiger partial charge in [-0.1, -0.05) is 50.2 Å². The van der Waals surface area contributed by atoms with E-state index in [1.165, 1.54) is 18.1 Å². The number of hydrogen-bond acceptors (Lipinski definition) is 7. The summed E-state index contributed by atoms with van der Waals surface area (Å²) >= 11 is 0. The lowest BCUT2D eigenvalue weighted by Crippen LogP contribution is -2.60. The van der Waals surface area contributed by atoms with E-state index < -0.39 is 29.6 Å². The Bertz CT molecular complexity index is 1870. The van der Waals surface area contributed by atoms with Crippen molar-refractivity contribution < 1.29 is 29.1 Å². The first-order valence-corrected chi connectivity index (χ1v) is 15.4. The maximum absolute atomic E-state index is 13.8. The monoisotopic (exact) mass is 637 g/mol. The van der Waals surface area contributed by atoms with Crippen LogP contribution in [0.1, 0.15) is 48.4 Å². The number of fused-ring (bicyclic) bond motifs is 1. The molecule has 2 saturated heterocycles. The van der Waals surface area contributed by atoms with E-state index in [4.69, 9.17) is 0 Å².